The number of benzene rings is 6. The van der Waals surface area contributed by atoms with Crippen LogP contribution in [-0.2, 0) is 41.1 Å². The lowest BCUT2D eigenvalue weighted by atomic mass is 9.84. The third-order valence-corrected chi connectivity index (χ3v) is 14.5. The van der Waals surface area contributed by atoms with Crippen LogP contribution in [0.25, 0.3) is 0 Å². The van der Waals surface area contributed by atoms with E-state index in [4.69, 9.17) is 42.6 Å². The zero-order chi connectivity index (χ0) is 67.1. The van der Waals surface area contributed by atoms with Gasteiger partial charge in [-0.2, -0.15) is 0 Å². The first-order valence-electron chi connectivity index (χ1n) is 31.8. The summed E-state index contributed by atoms with van der Waals surface area (Å²) in [4.78, 5) is 74.6. The Morgan fingerprint density at radius 3 is 1.11 bits per heavy atom. The molecule has 92 heavy (non-hydrogen) atoms. The molecule has 0 aliphatic carbocycles. The van der Waals surface area contributed by atoms with Crippen molar-refractivity contribution < 1.29 is 71.4 Å². The summed E-state index contributed by atoms with van der Waals surface area (Å²) in [5.41, 5.74) is 5.48. The van der Waals surface area contributed by atoms with E-state index in [9.17, 15) is 28.8 Å². The van der Waals surface area contributed by atoms with Gasteiger partial charge in [-0.15, -0.1) is 0 Å². The summed E-state index contributed by atoms with van der Waals surface area (Å²) in [6.45, 7) is 27.8. The topological polar surface area (TPSA) is 185 Å². The van der Waals surface area contributed by atoms with Gasteiger partial charge in [0.05, 0.1) is 49.7 Å². The molecule has 0 saturated heterocycles. The van der Waals surface area contributed by atoms with Crippen molar-refractivity contribution in [2.45, 2.75) is 157 Å². The maximum Gasteiger partial charge on any atom is 0.343 e. The monoisotopic (exact) mass is 1260 g/mol. The number of hydrogen-bond donors (Lipinski definition) is 0. The highest BCUT2D eigenvalue weighted by atomic mass is 16.6. The number of hydrogen-bond acceptors (Lipinski definition) is 15. The Morgan fingerprint density at radius 1 is 0.380 bits per heavy atom. The number of Topliss-reactive ketones (excluding diaryl/α,β-unsaturated/α-hetero) is 1. The highest BCUT2D eigenvalue weighted by Gasteiger charge is 2.25. The molecule has 0 spiro atoms. The van der Waals surface area contributed by atoms with E-state index in [1.165, 1.54) is 0 Å². The van der Waals surface area contributed by atoms with Gasteiger partial charge in [0.15, 0.2) is 5.78 Å². The van der Waals surface area contributed by atoms with Gasteiger partial charge in [0, 0.05) is 48.0 Å². The summed E-state index contributed by atoms with van der Waals surface area (Å²) in [6, 6.07) is 38.8. The number of ketones is 1. The number of unbranched alkanes of at least 4 members (excludes halogenated alkanes) is 9. The molecular formula is C77H94O15. The van der Waals surface area contributed by atoms with Gasteiger partial charge in [-0.1, -0.05) is 91.0 Å². The molecule has 15 nitrogen and oxygen atoms in total. The molecule has 0 saturated carbocycles. The van der Waals surface area contributed by atoms with Crippen LogP contribution in [0.5, 0.6) is 34.5 Å². The number of carbonyl (C=O) groups excluding carboxylic acids is 6. The minimum Gasteiger partial charge on any atom is -0.494 e. The maximum atomic E-state index is 13.2. The third kappa shape index (κ3) is 26.6. The van der Waals surface area contributed by atoms with Crippen LogP contribution in [0.1, 0.15) is 196 Å². The molecule has 0 radical (unpaired) electrons. The molecule has 492 valence electrons. The van der Waals surface area contributed by atoms with Crippen molar-refractivity contribution >= 4 is 35.6 Å². The Balaban J connectivity index is 0.000000339. The molecule has 0 N–H and O–H groups in total. The van der Waals surface area contributed by atoms with Crippen molar-refractivity contribution in [3.63, 3.8) is 0 Å². The second-order valence-corrected chi connectivity index (χ2v) is 24.8. The van der Waals surface area contributed by atoms with Crippen molar-refractivity contribution in [2.24, 2.45) is 0 Å². The van der Waals surface area contributed by atoms with Crippen LogP contribution in [-0.4, -0.2) is 82.4 Å². The zero-order valence-electron chi connectivity index (χ0n) is 55.7. The van der Waals surface area contributed by atoms with Crippen molar-refractivity contribution in [1.29, 1.82) is 0 Å². The molecule has 6 aromatic carbocycles. The molecule has 0 aromatic heterocycles. The number of rotatable bonds is 35. The van der Waals surface area contributed by atoms with E-state index in [0.717, 1.165) is 106 Å². The summed E-state index contributed by atoms with van der Waals surface area (Å²) in [5, 5.41) is 0. The van der Waals surface area contributed by atoms with Crippen LogP contribution in [0.3, 0.4) is 0 Å². The van der Waals surface area contributed by atoms with Gasteiger partial charge in [0.25, 0.3) is 0 Å². The molecule has 6 aromatic rings. The van der Waals surface area contributed by atoms with Gasteiger partial charge < -0.3 is 42.6 Å². The van der Waals surface area contributed by atoms with E-state index in [2.05, 4.69) is 33.9 Å². The highest BCUT2D eigenvalue weighted by molar-refractivity contribution is 5.98. The van der Waals surface area contributed by atoms with Crippen LogP contribution >= 0.6 is 0 Å². The molecule has 0 fully saturated rings. The molecule has 6 rings (SSSR count). The van der Waals surface area contributed by atoms with Crippen LogP contribution in [0, 0.1) is 6.92 Å². The van der Waals surface area contributed by atoms with E-state index in [-0.39, 0.29) is 35.0 Å². The molecular weight excluding hydrogens is 1160 g/mol. The van der Waals surface area contributed by atoms with Crippen molar-refractivity contribution in [3.8, 4) is 34.5 Å². The molecule has 0 amide bonds. The highest BCUT2D eigenvalue weighted by Crippen LogP contribution is 2.36. The zero-order valence-corrected chi connectivity index (χ0v) is 55.7. The molecule has 0 atom stereocenters. The quantitative estimate of drug-likeness (QED) is 0.0120. The second kappa shape index (κ2) is 38.1. The van der Waals surface area contributed by atoms with Crippen LogP contribution in [0.4, 0.5) is 0 Å². The van der Waals surface area contributed by atoms with Crippen molar-refractivity contribution in [2.75, 3.05) is 46.8 Å². The first kappa shape index (κ1) is 73.9. The van der Waals surface area contributed by atoms with Gasteiger partial charge in [-0.25, -0.2) is 24.0 Å². The lowest BCUT2D eigenvalue weighted by Gasteiger charge is -2.23. The average Bonchev–Trinajstić information content (AvgIpc) is 0.837. The normalized spacial score (nSPS) is 11.1. The summed E-state index contributed by atoms with van der Waals surface area (Å²) < 4.78 is 50.0. The fourth-order valence-corrected chi connectivity index (χ4v) is 9.15. The fourth-order valence-electron chi connectivity index (χ4n) is 9.15. The first-order chi connectivity index (χ1) is 43.9. The van der Waals surface area contributed by atoms with E-state index >= 15 is 0 Å². The Labute approximate surface area is 544 Å². The Hall–Kier alpha value is -8.82. The first-order valence-corrected chi connectivity index (χ1v) is 31.8. The Kier molecular flexibility index (Phi) is 30.6. The number of ether oxygens (including phenoxy) is 9. The predicted molar refractivity (Wildman–Crippen MR) is 359 cm³/mol. The summed E-state index contributed by atoms with van der Waals surface area (Å²) in [5.74, 6) is 1.23. The van der Waals surface area contributed by atoms with E-state index < -0.39 is 17.9 Å². The van der Waals surface area contributed by atoms with Crippen molar-refractivity contribution in [3.05, 3.63) is 202 Å². The number of esters is 5. The van der Waals surface area contributed by atoms with E-state index in [1.807, 2.05) is 64.1 Å². The molecule has 15 heteroatoms. The summed E-state index contributed by atoms with van der Waals surface area (Å²) in [7, 11) is 1.72. The van der Waals surface area contributed by atoms with Crippen LogP contribution in [0.15, 0.2) is 158 Å². The number of carbonyl (C=O) groups is 6. The van der Waals surface area contributed by atoms with Gasteiger partial charge in [0.1, 0.15) is 34.5 Å². The van der Waals surface area contributed by atoms with Gasteiger partial charge in [-0.05, 0) is 217 Å². The van der Waals surface area contributed by atoms with Gasteiger partial charge in [-0.3, -0.25) is 4.79 Å². The van der Waals surface area contributed by atoms with Crippen molar-refractivity contribution in [1.82, 2.24) is 0 Å². The third-order valence-electron chi connectivity index (χ3n) is 14.5. The smallest absolute Gasteiger partial charge is 0.343 e. The number of aryl methyl sites for hydroxylation is 1. The fraction of sp³-hybridized carbons (Fsp3) is 0.403. The number of methoxy groups -OCH3 is 1. The molecule has 0 heterocycles. The standard InChI is InChI=1S/C42H54O8.C35H40O7/c1-31(2)40(44)49-28-14-10-9-13-27-47-35-20-16-33(17-21-35)38(43)30-32-15-24-39(37(29-32)42(3,4)5)50-41(45)34-18-22-36(23-19-34)48-26-12-8-7-11-25-46-6;1-24(2)32(36)40-22-10-8-7-9-21-39-28-17-15-27(16-18-28)33(37)41-29-19-20-31(30(23-29)35(4,5)6)42-34(38)26-13-11-25(3)12-14-26/h15-24,29H,1,7-14,25-28,30H2,2-6H3;11-20,23H,1,7-10,21-22H2,2-6H3. The van der Waals surface area contributed by atoms with Gasteiger partial charge >= 0.3 is 29.8 Å². The van der Waals surface area contributed by atoms with Crippen LogP contribution in [0.2, 0.25) is 0 Å². The molecule has 0 aliphatic heterocycles. The molecule has 0 bridgehead atoms. The van der Waals surface area contributed by atoms with Crippen LogP contribution < -0.4 is 28.4 Å². The molecule has 0 unspecified atom stereocenters. The molecule has 0 aliphatic rings. The average molecular weight is 1260 g/mol. The lowest BCUT2D eigenvalue weighted by Crippen LogP contribution is -2.17. The minimum atomic E-state index is -0.502. The van der Waals surface area contributed by atoms with E-state index in [0.29, 0.717) is 101 Å². The van der Waals surface area contributed by atoms with E-state index in [1.54, 1.807) is 118 Å². The minimum absolute atomic E-state index is 0.0121. The second-order valence-electron chi connectivity index (χ2n) is 24.8. The Morgan fingerprint density at radius 2 is 0.717 bits per heavy atom. The predicted octanol–water partition coefficient (Wildman–Crippen LogP) is 17.1. The largest absolute Gasteiger partial charge is 0.494 e. The SMILES string of the molecule is C=C(C)C(=O)OCCCCCCOc1ccc(C(=O)Cc2ccc(OC(=O)c3ccc(OCCCCCCOC)cc3)c(C(C)(C)C)c2)cc1.C=C(C)C(=O)OCCCCCCOc1ccc(C(=O)Oc2ccc(OC(=O)c3ccc(C)cc3)c(C(C)(C)C)c2)cc1. The summed E-state index contributed by atoms with van der Waals surface area (Å²) in [6.07, 6.45) is 11.6. The van der Waals surface area contributed by atoms with Gasteiger partial charge in [0.2, 0.25) is 0 Å². The lowest BCUT2D eigenvalue weighted by molar-refractivity contribution is -0.139. The Bertz CT molecular complexity index is 3350. The maximum absolute atomic E-state index is 13.2. The summed E-state index contributed by atoms with van der Waals surface area (Å²) >= 11 is 0.